The van der Waals surface area contributed by atoms with Gasteiger partial charge in [-0.3, -0.25) is 9.69 Å². The van der Waals surface area contributed by atoms with E-state index in [0.717, 1.165) is 67.7 Å². The number of rotatable bonds is 7. The molecule has 3 heterocycles. The lowest BCUT2D eigenvalue weighted by molar-refractivity contribution is -0.117. The van der Waals surface area contributed by atoms with Crippen molar-refractivity contribution in [2.45, 2.75) is 25.8 Å². The number of carbonyl (C=O) groups excluding carboxylic acids is 1. The molecular weight excluding hydrogens is 404 g/mol. The van der Waals surface area contributed by atoms with Crippen LogP contribution in [0.3, 0.4) is 0 Å². The topological polar surface area (TPSA) is 59.8 Å². The van der Waals surface area contributed by atoms with Gasteiger partial charge in [0.25, 0.3) is 0 Å². The Hall–Kier alpha value is -2.90. The molecule has 0 spiro atoms. The number of morpholine rings is 1. The van der Waals surface area contributed by atoms with E-state index in [9.17, 15) is 4.79 Å². The molecule has 1 unspecified atom stereocenters. The predicted molar refractivity (Wildman–Crippen MR) is 124 cm³/mol. The number of amides is 1. The number of hydrogen-bond acceptors (Lipinski definition) is 5. The van der Waals surface area contributed by atoms with Crippen LogP contribution in [0.25, 0.3) is 11.0 Å². The Morgan fingerprint density at radius 2 is 1.84 bits per heavy atom. The van der Waals surface area contributed by atoms with E-state index in [1.165, 1.54) is 0 Å². The van der Waals surface area contributed by atoms with Gasteiger partial charge >= 0.3 is 0 Å². The van der Waals surface area contributed by atoms with Crippen LogP contribution in [0.1, 0.15) is 25.1 Å². The van der Waals surface area contributed by atoms with Crippen LogP contribution in [0, 0.1) is 0 Å². The Balaban J connectivity index is 1.42. The van der Waals surface area contributed by atoms with Crippen LogP contribution in [0.5, 0.6) is 5.75 Å². The summed E-state index contributed by atoms with van der Waals surface area (Å²) in [5.74, 6) is 1.93. The lowest BCUT2D eigenvalue weighted by Gasteiger charge is -2.27. The largest absolute Gasteiger partial charge is 0.492 e. The Morgan fingerprint density at radius 1 is 1.06 bits per heavy atom. The molecule has 0 bridgehead atoms. The minimum Gasteiger partial charge on any atom is -0.492 e. The maximum absolute atomic E-state index is 13.1. The second kappa shape index (κ2) is 9.30. The standard InChI is InChI=1S/C25H30N4O3/c1-2-32-23-10-6-5-9-22(23)29-18-19(17-24(29)30)25-26-20-7-3-4-8-21(20)28(25)12-11-27-13-15-31-16-14-27/h3-10,19H,2,11-18H2,1H3. The predicted octanol–water partition coefficient (Wildman–Crippen LogP) is 3.29. The van der Waals surface area contributed by atoms with Gasteiger partial charge in [-0.05, 0) is 31.2 Å². The van der Waals surface area contributed by atoms with Crippen LogP contribution < -0.4 is 9.64 Å². The van der Waals surface area contributed by atoms with Gasteiger partial charge in [0.05, 0.1) is 36.5 Å². The zero-order chi connectivity index (χ0) is 21.9. The van der Waals surface area contributed by atoms with Gasteiger partial charge in [0, 0.05) is 45.1 Å². The van der Waals surface area contributed by atoms with Crippen LogP contribution >= 0.6 is 0 Å². The number of ether oxygens (including phenoxy) is 2. The van der Waals surface area contributed by atoms with E-state index < -0.39 is 0 Å². The Kier molecular flexibility index (Phi) is 6.10. The normalized spacial score (nSPS) is 19.7. The van der Waals surface area contributed by atoms with Crippen molar-refractivity contribution in [3.63, 3.8) is 0 Å². The number of para-hydroxylation sites is 4. The first-order valence-electron chi connectivity index (χ1n) is 11.5. The second-order valence-corrected chi connectivity index (χ2v) is 8.37. The van der Waals surface area contributed by atoms with E-state index in [0.29, 0.717) is 19.6 Å². The molecule has 32 heavy (non-hydrogen) atoms. The highest BCUT2D eigenvalue weighted by atomic mass is 16.5. The third-order valence-electron chi connectivity index (χ3n) is 6.37. The number of imidazole rings is 1. The van der Waals surface area contributed by atoms with E-state index in [-0.39, 0.29) is 11.8 Å². The molecule has 7 nitrogen and oxygen atoms in total. The molecule has 168 valence electrons. The highest BCUT2D eigenvalue weighted by Gasteiger charge is 2.36. The fourth-order valence-electron chi connectivity index (χ4n) is 4.78. The monoisotopic (exact) mass is 434 g/mol. The molecule has 0 saturated carbocycles. The summed E-state index contributed by atoms with van der Waals surface area (Å²) in [6.45, 7) is 8.47. The number of anilines is 1. The third kappa shape index (κ3) is 4.10. The fraction of sp³-hybridized carbons (Fsp3) is 0.440. The molecule has 2 aliphatic heterocycles. The van der Waals surface area contributed by atoms with Crippen molar-refractivity contribution in [1.82, 2.24) is 14.5 Å². The number of aromatic nitrogens is 2. The zero-order valence-corrected chi connectivity index (χ0v) is 18.6. The molecule has 0 N–H and O–H groups in total. The maximum Gasteiger partial charge on any atom is 0.227 e. The Bertz CT molecular complexity index is 1090. The zero-order valence-electron chi connectivity index (χ0n) is 18.6. The van der Waals surface area contributed by atoms with Crippen molar-refractivity contribution in [3.8, 4) is 5.75 Å². The number of fused-ring (bicyclic) bond motifs is 1. The van der Waals surface area contributed by atoms with Crippen LogP contribution in [-0.4, -0.2) is 66.4 Å². The molecule has 2 saturated heterocycles. The first-order valence-corrected chi connectivity index (χ1v) is 11.5. The first kappa shape index (κ1) is 21.0. The quantitative estimate of drug-likeness (QED) is 0.571. The average molecular weight is 435 g/mol. The summed E-state index contributed by atoms with van der Waals surface area (Å²) >= 11 is 0. The second-order valence-electron chi connectivity index (χ2n) is 8.37. The van der Waals surface area contributed by atoms with Gasteiger partial charge in [0.15, 0.2) is 0 Å². The van der Waals surface area contributed by atoms with E-state index in [1.807, 2.05) is 42.2 Å². The molecule has 1 amide bonds. The van der Waals surface area contributed by atoms with Crippen molar-refractivity contribution >= 4 is 22.6 Å². The van der Waals surface area contributed by atoms with Gasteiger partial charge < -0.3 is 18.9 Å². The SMILES string of the molecule is CCOc1ccccc1N1CC(c2nc3ccccc3n2CCN2CCOCC2)CC1=O. The highest BCUT2D eigenvalue weighted by Crippen LogP contribution is 2.37. The molecule has 2 aromatic carbocycles. The maximum atomic E-state index is 13.1. The van der Waals surface area contributed by atoms with Gasteiger partial charge in [0.2, 0.25) is 5.91 Å². The number of nitrogens with zero attached hydrogens (tertiary/aromatic N) is 4. The summed E-state index contributed by atoms with van der Waals surface area (Å²) in [5, 5.41) is 0. The van der Waals surface area contributed by atoms with Crippen molar-refractivity contribution in [3.05, 3.63) is 54.4 Å². The summed E-state index contributed by atoms with van der Waals surface area (Å²) in [6.07, 6.45) is 0.460. The van der Waals surface area contributed by atoms with Gasteiger partial charge in [-0.15, -0.1) is 0 Å². The van der Waals surface area contributed by atoms with Gasteiger partial charge in [-0.1, -0.05) is 24.3 Å². The summed E-state index contributed by atoms with van der Waals surface area (Å²) in [5.41, 5.74) is 2.97. The number of carbonyl (C=O) groups is 1. The average Bonchev–Trinajstić information content (AvgIpc) is 3.39. The third-order valence-corrected chi connectivity index (χ3v) is 6.37. The number of benzene rings is 2. The molecule has 5 rings (SSSR count). The highest BCUT2D eigenvalue weighted by molar-refractivity contribution is 5.97. The van der Waals surface area contributed by atoms with Gasteiger partial charge in [0.1, 0.15) is 11.6 Å². The molecule has 7 heteroatoms. The molecule has 0 aliphatic carbocycles. The van der Waals surface area contributed by atoms with Crippen LogP contribution in [0.2, 0.25) is 0 Å². The van der Waals surface area contributed by atoms with Crippen molar-refractivity contribution in [2.75, 3.05) is 50.9 Å². The fourth-order valence-corrected chi connectivity index (χ4v) is 4.78. The number of hydrogen-bond donors (Lipinski definition) is 0. The molecule has 3 aromatic rings. The van der Waals surface area contributed by atoms with Crippen molar-refractivity contribution in [2.24, 2.45) is 0 Å². The van der Waals surface area contributed by atoms with Gasteiger partial charge in [-0.25, -0.2) is 4.98 Å². The lowest BCUT2D eigenvalue weighted by Crippen LogP contribution is -2.38. The molecule has 0 radical (unpaired) electrons. The van der Waals surface area contributed by atoms with Crippen LogP contribution in [-0.2, 0) is 16.1 Å². The molecular formula is C25H30N4O3. The lowest BCUT2D eigenvalue weighted by atomic mass is 10.1. The first-order chi connectivity index (χ1) is 15.7. The Labute approximate surface area is 188 Å². The van der Waals surface area contributed by atoms with E-state index in [2.05, 4.69) is 27.7 Å². The molecule has 1 aromatic heterocycles. The summed E-state index contributed by atoms with van der Waals surface area (Å²) in [6, 6.07) is 16.1. The van der Waals surface area contributed by atoms with Crippen LogP contribution in [0.15, 0.2) is 48.5 Å². The van der Waals surface area contributed by atoms with E-state index >= 15 is 0 Å². The van der Waals surface area contributed by atoms with Crippen LogP contribution in [0.4, 0.5) is 5.69 Å². The van der Waals surface area contributed by atoms with E-state index in [4.69, 9.17) is 14.5 Å². The summed E-state index contributed by atoms with van der Waals surface area (Å²) in [7, 11) is 0. The van der Waals surface area contributed by atoms with Gasteiger partial charge in [-0.2, -0.15) is 0 Å². The van der Waals surface area contributed by atoms with Crippen molar-refractivity contribution < 1.29 is 14.3 Å². The van der Waals surface area contributed by atoms with Crippen molar-refractivity contribution in [1.29, 1.82) is 0 Å². The Morgan fingerprint density at radius 3 is 2.69 bits per heavy atom. The molecule has 1 atom stereocenters. The summed E-state index contributed by atoms with van der Waals surface area (Å²) < 4.78 is 13.6. The molecule has 2 fully saturated rings. The minimum atomic E-state index is 0.0503. The smallest absolute Gasteiger partial charge is 0.227 e. The minimum absolute atomic E-state index is 0.0503. The summed E-state index contributed by atoms with van der Waals surface area (Å²) in [4.78, 5) is 22.3. The molecule has 2 aliphatic rings. The van der Waals surface area contributed by atoms with E-state index in [1.54, 1.807) is 0 Å².